The van der Waals surface area contributed by atoms with Crippen LogP contribution in [0.4, 0.5) is 18.9 Å². The number of nitrogen functional groups attached to an aromatic ring is 1. The average molecular weight is 560 g/mol. The topological polar surface area (TPSA) is 86.3 Å². The van der Waals surface area contributed by atoms with Crippen molar-refractivity contribution in [2.24, 2.45) is 0 Å². The van der Waals surface area contributed by atoms with E-state index in [1.165, 1.54) is 12.1 Å². The first-order valence-corrected chi connectivity index (χ1v) is 15.6. The summed E-state index contributed by atoms with van der Waals surface area (Å²) in [5, 5.41) is 1.84. The number of nitrogens with zero attached hydrogens (tertiary/aromatic N) is 1. The van der Waals surface area contributed by atoms with Crippen molar-refractivity contribution >= 4 is 19.9 Å². The lowest BCUT2D eigenvalue weighted by Crippen LogP contribution is -2.70. The van der Waals surface area contributed by atoms with Crippen LogP contribution >= 0.6 is 0 Å². The van der Waals surface area contributed by atoms with E-state index in [2.05, 4.69) is 5.32 Å². The number of alkyl halides is 3. The number of halogens is 3. The number of nitrogens with one attached hydrogen (secondary N) is 1. The number of rotatable bonds is 8. The molecule has 0 bridgehead atoms. The van der Waals surface area contributed by atoms with Gasteiger partial charge in [0, 0.05) is 6.92 Å². The Bertz CT molecular complexity index is 1350. The zero-order valence-electron chi connectivity index (χ0n) is 23.1. The number of pyridine rings is 1. The van der Waals surface area contributed by atoms with Crippen LogP contribution in [0.2, 0.25) is 18.1 Å². The van der Waals surface area contributed by atoms with Crippen LogP contribution < -0.4 is 16.6 Å². The molecule has 2 aromatic carbocycles. The highest BCUT2D eigenvalue weighted by molar-refractivity contribution is 6.74. The van der Waals surface area contributed by atoms with Crippen LogP contribution in [0.25, 0.3) is 11.3 Å². The molecule has 39 heavy (non-hydrogen) atoms. The molecule has 1 aromatic heterocycles. The van der Waals surface area contributed by atoms with E-state index < -0.39 is 42.8 Å². The molecule has 6 nitrogen and oxygen atoms in total. The number of aromatic nitrogens is 1. The van der Waals surface area contributed by atoms with Crippen molar-refractivity contribution in [2.45, 2.75) is 70.2 Å². The quantitative estimate of drug-likeness (QED) is 0.328. The summed E-state index contributed by atoms with van der Waals surface area (Å²) in [6.45, 7) is 9.94. The molecule has 1 amide bonds. The van der Waals surface area contributed by atoms with Crippen molar-refractivity contribution in [1.82, 2.24) is 9.88 Å². The molecule has 0 aliphatic heterocycles. The summed E-state index contributed by atoms with van der Waals surface area (Å²) in [5.41, 5.74) is 2.11. The van der Waals surface area contributed by atoms with E-state index >= 15 is 13.2 Å². The van der Waals surface area contributed by atoms with E-state index in [0.717, 1.165) is 6.92 Å². The lowest BCUT2D eigenvalue weighted by Gasteiger charge is -2.50. The summed E-state index contributed by atoms with van der Waals surface area (Å²) in [4.78, 5) is 26.3. The van der Waals surface area contributed by atoms with Crippen molar-refractivity contribution in [1.29, 1.82) is 0 Å². The van der Waals surface area contributed by atoms with Gasteiger partial charge in [-0.3, -0.25) is 14.2 Å². The molecular formula is C29H36F3N3O3Si. The molecule has 0 radical (unpaired) electrons. The number of hydrogen-bond donors (Lipinski definition) is 2. The van der Waals surface area contributed by atoms with Gasteiger partial charge in [0.2, 0.25) is 5.91 Å². The van der Waals surface area contributed by atoms with E-state index in [0.29, 0.717) is 15.7 Å². The zero-order chi connectivity index (χ0) is 29.2. The SMILES string of the molecule is CC(=O)NC(Cc1ccccc1)C(O[Si](C)(C)C(C)(C)C)(n1c(-c2ccccc2)ccc(N)c1=O)C(F)(F)F. The lowest BCUT2D eigenvalue weighted by molar-refractivity contribution is -0.302. The van der Waals surface area contributed by atoms with Crippen molar-refractivity contribution < 1.29 is 22.4 Å². The van der Waals surface area contributed by atoms with Crippen LogP contribution in [0.3, 0.4) is 0 Å². The summed E-state index contributed by atoms with van der Waals surface area (Å²) < 4.78 is 54.8. The molecule has 0 aliphatic carbocycles. The molecule has 0 saturated carbocycles. The number of carbonyl (C=O) groups is 1. The van der Waals surface area contributed by atoms with Crippen molar-refractivity contribution in [2.75, 3.05) is 5.73 Å². The van der Waals surface area contributed by atoms with Crippen molar-refractivity contribution in [3.05, 3.63) is 88.7 Å². The second kappa shape index (κ2) is 11.0. The Kier molecular flexibility index (Phi) is 8.52. The molecule has 210 valence electrons. The molecule has 2 unspecified atom stereocenters. The summed E-state index contributed by atoms with van der Waals surface area (Å²) >= 11 is 0. The number of amides is 1. The molecule has 3 aromatic rings. The van der Waals surface area contributed by atoms with Gasteiger partial charge in [-0.15, -0.1) is 0 Å². The summed E-state index contributed by atoms with van der Waals surface area (Å²) in [7, 11) is -3.30. The molecular weight excluding hydrogens is 523 g/mol. The third-order valence-corrected chi connectivity index (χ3v) is 11.7. The zero-order valence-corrected chi connectivity index (χ0v) is 24.1. The summed E-state index contributed by atoms with van der Waals surface area (Å²) in [6.07, 6.45) is -5.42. The first-order valence-electron chi connectivity index (χ1n) is 12.7. The highest BCUT2D eigenvalue weighted by Crippen LogP contribution is 2.49. The van der Waals surface area contributed by atoms with E-state index in [1.807, 2.05) is 20.8 Å². The average Bonchev–Trinajstić information content (AvgIpc) is 2.83. The number of benzene rings is 2. The lowest BCUT2D eigenvalue weighted by atomic mass is 9.93. The third-order valence-electron chi connectivity index (χ3n) is 7.27. The molecule has 0 saturated heterocycles. The van der Waals surface area contributed by atoms with E-state index in [-0.39, 0.29) is 17.8 Å². The Morgan fingerprint density at radius 3 is 2.00 bits per heavy atom. The van der Waals surface area contributed by atoms with Crippen molar-refractivity contribution in [3.63, 3.8) is 0 Å². The minimum atomic E-state index is -5.16. The Morgan fingerprint density at radius 2 is 1.51 bits per heavy atom. The second-order valence-corrected chi connectivity index (χ2v) is 15.9. The minimum absolute atomic E-state index is 0.0331. The molecule has 3 N–H and O–H groups in total. The Morgan fingerprint density at radius 1 is 0.974 bits per heavy atom. The molecule has 10 heteroatoms. The van der Waals surface area contributed by atoms with Crippen LogP contribution in [-0.4, -0.2) is 31.0 Å². The van der Waals surface area contributed by atoms with Gasteiger partial charge >= 0.3 is 6.18 Å². The third kappa shape index (κ3) is 6.12. The van der Waals surface area contributed by atoms with Gasteiger partial charge in [-0.25, -0.2) is 0 Å². The van der Waals surface area contributed by atoms with Crippen LogP contribution in [0.5, 0.6) is 0 Å². The van der Waals surface area contributed by atoms with Crippen LogP contribution in [-0.2, 0) is 21.4 Å². The number of carbonyl (C=O) groups excluding carboxylic acids is 1. The highest BCUT2D eigenvalue weighted by atomic mass is 28.4. The smallest absolute Gasteiger partial charge is 0.394 e. The number of hydrogen-bond acceptors (Lipinski definition) is 4. The Balaban J connectivity index is 2.54. The molecule has 2 atom stereocenters. The molecule has 3 rings (SSSR count). The van der Waals surface area contributed by atoms with Gasteiger partial charge in [0.05, 0.1) is 17.4 Å². The maximum absolute atomic E-state index is 15.9. The molecule has 0 aliphatic rings. The summed E-state index contributed by atoms with van der Waals surface area (Å²) in [6, 6.07) is 17.7. The van der Waals surface area contributed by atoms with Gasteiger partial charge in [-0.2, -0.15) is 13.2 Å². The first kappa shape index (κ1) is 30.2. The van der Waals surface area contributed by atoms with Crippen molar-refractivity contribution in [3.8, 4) is 11.3 Å². The maximum atomic E-state index is 15.9. The second-order valence-electron chi connectivity index (χ2n) is 11.2. The molecule has 1 heterocycles. The van der Waals surface area contributed by atoms with Crippen LogP contribution in [0.15, 0.2) is 77.6 Å². The fourth-order valence-electron chi connectivity index (χ4n) is 4.30. The Hall–Kier alpha value is -3.37. The monoisotopic (exact) mass is 559 g/mol. The van der Waals surface area contributed by atoms with Gasteiger partial charge < -0.3 is 15.5 Å². The molecule has 0 fully saturated rings. The standard InChI is InChI=1S/C29H36F3N3O3Si/c1-20(36)34-25(19-21-13-9-7-10-14-21)28(29(30,31)32,38-39(5,6)27(2,3)4)35-24(18-17-23(33)26(35)37)22-15-11-8-12-16-22/h7-18,25H,19,33H2,1-6H3,(H,34,36). The maximum Gasteiger partial charge on any atom is 0.438 e. The highest BCUT2D eigenvalue weighted by Gasteiger charge is 2.66. The van der Waals surface area contributed by atoms with Crippen LogP contribution in [0.1, 0.15) is 33.3 Å². The molecule has 0 spiro atoms. The normalized spacial score (nSPS) is 14.9. The number of nitrogens with two attached hydrogens (primary N) is 1. The number of anilines is 1. The van der Waals surface area contributed by atoms with E-state index in [1.54, 1.807) is 73.8 Å². The van der Waals surface area contributed by atoms with Gasteiger partial charge in [-0.1, -0.05) is 81.4 Å². The predicted octanol–water partition coefficient (Wildman–Crippen LogP) is 6.08. The fourth-order valence-corrected chi connectivity index (χ4v) is 5.73. The van der Waals surface area contributed by atoms with E-state index in [4.69, 9.17) is 10.2 Å². The van der Waals surface area contributed by atoms with Gasteiger partial charge in [0.1, 0.15) is 0 Å². The van der Waals surface area contributed by atoms with Crippen LogP contribution in [0, 0.1) is 0 Å². The minimum Gasteiger partial charge on any atom is -0.394 e. The predicted molar refractivity (Wildman–Crippen MR) is 151 cm³/mol. The fraction of sp³-hybridized carbons (Fsp3) is 0.379. The van der Waals surface area contributed by atoms with E-state index in [9.17, 15) is 9.59 Å². The largest absolute Gasteiger partial charge is 0.438 e. The first-order chi connectivity index (χ1) is 18.0. The Labute approximate surface area is 228 Å². The van der Waals surface area contributed by atoms with Gasteiger partial charge in [0.25, 0.3) is 11.3 Å². The van der Waals surface area contributed by atoms with Gasteiger partial charge in [0.15, 0.2) is 8.32 Å². The van der Waals surface area contributed by atoms with Gasteiger partial charge in [-0.05, 0) is 47.8 Å². The summed E-state index contributed by atoms with van der Waals surface area (Å²) in [5.74, 6) is -0.693.